The molecular weight excluding hydrogens is 254 g/mol. The van der Waals surface area contributed by atoms with Crippen LogP contribution in [-0.2, 0) is 0 Å². The summed E-state index contributed by atoms with van der Waals surface area (Å²) in [6.45, 7) is 1.89. The topological polar surface area (TPSA) is 74.8 Å². The van der Waals surface area contributed by atoms with Crippen LogP contribution >= 0.6 is 11.6 Å². The molecule has 0 aliphatic rings. The van der Waals surface area contributed by atoms with Crippen LogP contribution in [-0.4, -0.2) is 38.5 Å². The van der Waals surface area contributed by atoms with E-state index in [4.69, 9.17) is 11.6 Å². The minimum Gasteiger partial charge on any atom is -0.332 e. The van der Waals surface area contributed by atoms with Crippen molar-refractivity contribution in [2.45, 2.75) is 13.0 Å². The molecule has 2 rings (SSSR count). The van der Waals surface area contributed by atoms with Gasteiger partial charge in [0.25, 0.3) is 11.7 Å². The van der Waals surface area contributed by atoms with Crippen LogP contribution in [0.4, 0.5) is 0 Å². The van der Waals surface area contributed by atoms with E-state index in [9.17, 15) is 4.79 Å². The second-order valence-electron chi connectivity index (χ2n) is 3.85. The van der Waals surface area contributed by atoms with Gasteiger partial charge >= 0.3 is 0 Å². The maximum Gasteiger partial charge on any atom is 0.295 e. The monoisotopic (exact) mass is 265 g/mol. The average molecular weight is 266 g/mol. The van der Waals surface area contributed by atoms with Crippen LogP contribution in [0.1, 0.15) is 29.1 Å². The molecular formula is C11H12ClN5O. The SMILES string of the molecule is CC(c1ccccc1Cl)N(C)C(=O)c1nn[nH]n1. The Morgan fingerprint density at radius 2 is 2.17 bits per heavy atom. The summed E-state index contributed by atoms with van der Waals surface area (Å²) in [7, 11) is 1.67. The summed E-state index contributed by atoms with van der Waals surface area (Å²) in [6, 6.07) is 7.22. The Balaban J connectivity index is 2.22. The van der Waals surface area contributed by atoms with E-state index in [1.54, 1.807) is 13.1 Å². The summed E-state index contributed by atoms with van der Waals surface area (Å²) in [5.74, 6) is -0.271. The minimum absolute atomic E-state index is 0.0383. The number of carbonyl (C=O) groups is 1. The fourth-order valence-electron chi connectivity index (χ4n) is 1.61. The van der Waals surface area contributed by atoms with Crippen LogP contribution in [0.2, 0.25) is 5.02 Å². The molecule has 1 aromatic heterocycles. The number of carbonyl (C=O) groups excluding carboxylic acids is 1. The first kappa shape index (κ1) is 12.5. The third kappa shape index (κ3) is 2.33. The smallest absolute Gasteiger partial charge is 0.295 e. The van der Waals surface area contributed by atoms with Gasteiger partial charge in [-0.1, -0.05) is 29.8 Å². The highest BCUT2D eigenvalue weighted by Crippen LogP contribution is 2.26. The van der Waals surface area contributed by atoms with Crippen molar-refractivity contribution in [1.82, 2.24) is 25.5 Å². The average Bonchev–Trinajstić information content (AvgIpc) is 2.90. The number of hydrogen-bond acceptors (Lipinski definition) is 4. The van der Waals surface area contributed by atoms with Gasteiger partial charge in [0, 0.05) is 12.1 Å². The highest BCUT2D eigenvalue weighted by molar-refractivity contribution is 6.31. The lowest BCUT2D eigenvalue weighted by Gasteiger charge is -2.24. The fraction of sp³-hybridized carbons (Fsp3) is 0.273. The Bertz CT molecular complexity index is 542. The number of hydrogen-bond donors (Lipinski definition) is 1. The Morgan fingerprint density at radius 3 is 2.78 bits per heavy atom. The standard InChI is InChI=1S/C11H12ClN5O/c1-7(8-5-3-4-6-9(8)12)17(2)11(18)10-13-15-16-14-10/h3-7H,1-2H3,(H,13,14,15,16). The third-order valence-electron chi connectivity index (χ3n) is 2.79. The highest BCUT2D eigenvalue weighted by Gasteiger charge is 2.23. The van der Waals surface area contributed by atoms with Gasteiger partial charge in [0.2, 0.25) is 0 Å². The van der Waals surface area contributed by atoms with Gasteiger partial charge in [-0.25, -0.2) is 0 Å². The molecule has 7 heteroatoms. The summed E-state index contributed by atoms with van der Waals surface area (Å²) in [5, 5.41) is 13.6. The number of aromatic amines is 1. The molecule has 94 valence electrons. The van der Waals surface area contributed by atoms with Crippen molar-refractivity contribution >= 4 is 17.5 Å². The second-order valence-corrected chi connectivity index (χ2v) is 4.26. The zero-order valence-electron chi connectivity index (χ0n) is 9.96. The summed E-state index contributed by atoms with van der Waals surface area (Å²) >= 11 is 6.11. The molecule has 6 nitrogen and oxygen atoms in total. The lowest BCUT2D eigenvalue weighted by atomic mass is 10.1. The number of tetrazole rings is 1. The number of amides is 1. The Kier molecular flexibility index (Phi) is 3.57. The normalized spacial score (nSPS) is 12.2. The highest BCUT2D eigenvalue weighted by atomic mass is 35.5. The number of aromatic nitrogens is 4. The molecule has 0 spiro atoms. The van der Waals surface area contributed by atoms with Crippen LogP contribution in [0.3, 0.4) is 0 Å². The predicted molar refractivity (Wildman–Crippen MR) is 66.1 cm³/mol. The molecule has 1 amide bonds. The molecule has 0 aliphatic carbocycles. The van der Waals surface area contributed by atoms with Gasteiger partial charge in [-0.15, -0.1) is 10.2 Å². The van der Waals surface area contributed by atoms with E-state index in [1.807, 2.05) is 25.1 Å². The van der Waals surface area contributed by atoms with Crippen molar-refractivity contribution < 1.29 is 4.79 Å². The van der Waals surface area contributed by atoms with E-state index >= 15 is 0 Å². The first-order valence-corrected chi connectivity index (χ1v) is 5.74. The van der Waals surface area contributed by atoms with Crippen LogP contribution in [0.25, 0.3) is 0 Å². The van der Waals surface area contributed by atoms with Gasteiger partial charge in [-0.3, -0.25) is 4.79 Å². The first-order chi connectivity index (χ1) is 8.61. The maximum atomic E-state index is 12.0. The van der Waals surface area contributed by atoms with Crippen molar-refractivity contribution in [3.05, 3.63) is 40.7 Å². The van der Waals surface area contributed by atoms with E-state index in [0.29, 0.717) is 5.02 Å². The molecule has 1 atom stereocenters. The third-order valence-corrected chi connectivity index (χ3v) is 3.14. The van der Waals surface area contributed by atoms with Crippen molar-refractivity contribution in [1.29, 1.82) is 0 Å². The zero-order chi connectivity index (χ0) is 13.1. The maximum absolute atomic E-state index is 12.0. The summed E-state index contributed by atoms with van der Waals surface area (Å²) in [6.07, 6.45) is 0. The lowest BCUT2D eigenvalue weighted by Crippen LogP contribution is -2.30. The van der Waals surface area contributed by atoms with E-state index in [1.165, 1.54) is 4.90 Å². The summed E-state index contributed by atoms with van der Waals surface area (Å²) in [4.78, 5) is 13.5. The second kappa shape index (κ2) is 5.14. The number of H-pyrrole nitrogens is 1. The molecule has 2 aromatic rings. The van der Waals surface area contributed by atoms with E-state index in [0.717, 1.165) is 5.56 Å². The number of rotatable bonds is 3. The van der Waals surface area contributed by atoms with Gasteiger partial charge < -0.3 is 4.90 Å². The van der Waals surface area contributed by atoms with Crippen molar-refractivity contribution in [3.8, 4) is 0 Å². The number of nitrogens with one attached hydrogen (secondary N) is 1. The van der Waals surface area contributed by atoms with Gasteiger partial charge in [-0.05, 0) is 23.8 Å². The lowest BCUT2D eigenvalue weighted by molar-refractivity contribution is 0.0730. The Morgan fingerprint density at radius 1 is 1.44 bits per heavy atom. The largest absolute Gasteiger partial charge is 0.332 e. The molecule has 0 fully saturated rings. The molecule has 0 bridgehead atoms. The van der Waals surface area contributed by atoms with Gasteiger partial charge in [0.15, 0.2) is 0 Å². The predicted octanol–water partition coefficient (Wildman–Crippen LogP) is 1.69. The number of nitrogens with zero attached hydrogens (tertiary/aromatic N) is 4. The molecule has 1 aromatic carbocycles. The molecule has 18 heavy (non-hydrogen) atoms. The van der Waals surface area contributed by atoms with E-state index in [-0.39, 0.29) is 17.8 Å². The van der Waals surface area contributed by atoms with Gasteiger partial charge in [0.05, 0.1) is 6.04 Å². The van der Waals surface area contributed by atoms with Crippen molar-refractivity contribution in [2.75, 3.05) is 7.05 Å². The molecule has 0 saturated heterocycles. The van der Waals surface area contributed by atoms with Gasteiger partial charge in [0.1, 0.15) is 0 Å². The van der Waals surface area contributed by atoms with Crippen LogP contribution in [0.15, 0.2) is 24.3 Å². The Labute approximate surface area is 109 Å². The molecule has 1 N–H and O–H groups in total. The summed E-state index contributed by atoms with van der Waals surface area (Å²) in [5.41, 5.74) is 0.874. The van der Waals surface area contributed by atoms with E-state index < -0.39 is 0 Å². The Hall–Kier alpha value is -1.95. The van der Waals surface area contributed by atoms with Crippen LogP contribution < -0.4 is 0 Å². The fourth-order valence-corrected chi connectivity index (χ4v) is 1.90. The molecule has 0 saturated carbocycles. The minimum atomic E-state index is -0.309. The van der Waals surface area contributed by atoms with E-state index in [2.05, 4.69) is 20.6 Å². The molecule has 0 aliphatic heterocycles. The quantitative estimate of drug-likeness (QED) is 0.916. The molecule has 1 unspecified atom stereocenters. The molecule has 0 radical (unpaired) electrons. The van der Waals surface area contributed by atoms with Crippen LogP contribution in [0, 0.1) is 0 Å². The zero-order valence-corrected chi connectivity index (χ0v) is 10.7. The van der Waals surface area contributed by atoms with Crippen LogP contribution in [0.5, 0.6) is 0 Å². The first-order valence-electron chi connectivity index (χ1n) is 5.36. The van der Waals surface area contributed by atoms with Crippen molar-refractivity contribution in [3.63, 3.8) is 0 Å². The summed E-state index contributed by atoms with van der Waals surface area (Å²) < 4.78 is 0. The number of halogens is 1. The number of benzene rings is 1. The molecule has 1 heterocycles. The van der Waals surface area contributed by atoms with Gasteiger partial charge in [-0.2, -0.15) is 5.21 Å². The van der Waals surface area contributed by atoms with Crippen molar-refractivity contribution in [2.24, 2.45) is 0 Å².